The van der Waals surface area contributed by atoms with E-state index in [1.54, 1.807) is 0 Å². The maximum Gasteiger partial charge on any atom is 0.416 e. The van der Waals surface area contributed by atoms with Crippen LogP contribution in [0.15, 0.2) is 57.5 Å². The number of benzene rings is 2. The van der Waals surface area contributed by atoms with Crippen LogP contribution in [0.3, 0.4) is 0 Å². The Hall–Kier alpha value is -3.38. The zero-order chi connectivity index (χ0) is 25.5. The van der Waals surface area contributed by atoms with E-state index in [1.165, 1.54) is 42.1 Å². The lowest BCUT2D eigenvalue weighted by atomic mass is 10.1. The number of rotatable bonds is 6. The van der Waals surface area contributed by atoms with Crippen LogP contribution in [0.25, 0.3) is 27.5 Å². The quantitative estimate of drug-likeness (QED) is 0.228. The summed E-state index contributed by atoms with van der Waals surface area (Å²) < 4.78 is 54.4. The molecule has 0 saturated carbocycles. The summed E-state index contributed by atoms with van der Waals surface area (Å²) in [5.74, 6) is -2.08. The molecule has 0 fully saturated rings. The number of halogens is 4. The van der Waals surface area contributed by atoms with E-state index in [1.807, 2.05) is 13.8 Å². The highest BCUT2D eigenvalue weighted by molar-refractivity contribution is 8.01. The van der Waals surface area contributed by atoms with E-state index < -0.39 is 34.8 Å². The summed E-state index contributed by atoms with van der Waals surface area (Å²) in [4.78, 5) is 29.4. The van der Waals surface area contributed by atoms with Crippen molar-refractivity contribution >= 4 is 29.1 Å². The average Bonchev–Trinajstić information content (AvgIpc) is 3.33. The SMILES string of the molecule is CC(C)Sc1sc(-n2[nH]c(=O)c(-c3cccc(F)c3)c2C(=O)O)nc1-c1ccc(C(F)(F)F)cc1. The first-order valence-electron chi connectivity index (χ1n) is 10.2. The summed E-state index contributed by atoms with van der Waals surface area (Å²) in [5.41, 5.74) is -1.39. The highest BCUT2D eigenvalue weighted by Gasteiger charge is 2.31. The smallest absolute Gasteiger partial charge is 0.416 e. The first-order valence-corrected chi connectivity index (χ1v) is 11.8. The molecule has 0 amide bonds. The summed E-state index contributed by atoms with van der Waals surface area (Å²) in [5, 5.41) is 12.5. The fraction of sp³-hybridized carbons (Fsp3) is 0.174. The third-order valence-corrected chi connectivity index (χ3v) is 7.07. The van der Waals surface area contributed by atoms with Gasteiger partial charge in [0, 0.05) is 10.8 Å². The van der Waals surface area contributed by atoms with E-state index >= 15 is 0 Å². The fourth-order valence-corrected chi connectivity index (χ4v) is 5.86. The number of nitrogens with zero attached hydrogens (tertiary/aromatic N) is 2. The molecule has 0 spiro atoms. The first-order chi connectivity index (χ1) is 16.5. The predicted molar refractivity (Wildman–Crippen MR) is 126 cm³/mol. The van der Waals surface area contributed by atoms with Crippen LogP contribution in [0.5, 0.6) is 0 Å². The number of carbonyl (C=O) groups is 1. The van der Waals surface area contributed by atoms with E-state index in [0.717, 1.165) is 34.2 Å². The molecule has 0 radical (unpaired) electrons. The Labute approximate surface area is 204 Å². The van der Waals surface area contributed by atoms with Crippen LogP contribution in [-0.4, -0.2) is 31.1 Å². The van der Waals surface area contributed by atoms with E-state index in [-0.39, 0.29) is 21.5 Å². The molecule has 4 rings (SSSR count). The molecule has 0 bridgehead atoms. The highest BCUT2D eigenvalue weighted by atomic mass is 32.2. The summed E-state index contributed by atoms with van der Waals surface area (Å²) >= 11 is 2.48. The molecule has 0 unspecified atom stereocenters. The standard InChI is InChI=1S/C23H17F4N3O3S2/c1-11(2)34-21-17(12-6-8-14(9-7-12)23(25,26)27)28-22(35-21)30-18(20(32)33)16(19(31)29-30)13-4-3-5-15(24)10-13/h3-11H,1-2H3,(H,29,31)(H,32,33). The molecule has 0 saturated heterocycles. The molecule has 2 aromatic heterocycles. The van der Waals surface area contributed by atoms with Gasteiger partial charge in [0.05, 0.1) is 21.0 Å². The van der Waals surface area contributed by atoms with E-state index in [9.17, 15) is 32.3 Å². The lowest BCUT2D eigenvalue weighted by Crippen LogP contribution is -2.09. The Bertz CT molecular complexity index is 1450. The van der Waals surface area contributed by atoms with Crippen molar-refractivity contribution in [1.29, 1.82) is 0 Å². The third-order valence-electron chi connectivity index (χ3n) is 4.82. The molecule has 0 aliphatic heterocycles. The maximum atomic E-state index is 13.8. The lowest BCUT2D eigenvalue weighted by Gasteiger charge is -2.08. The molecule has 0 aliphatic carbocycles. The Morgan fingerprint density at radius 1 is 1.14 bits per heavy atom. The van der Waals surface area contributed by atoms with Crippen LogP contribution in [0.1, 0.15) is 29.9 Å². The molecule has 2 N–H and O–H groups in total. The summed E-state index contributed by atoms with van der Waals surface area (Å²) in [6.07, 6.45) is -4.49. The molecule has 4 aromatic rings. The topological polar surface area (TPSA) is 88.0 Å². The Morgan fingerprint density at radius 2 is 1.83 bits per heavy atom. The number of carboxylic acid groups (broad SMARTS) is 1. The minimum absolute atomic E-state index is 0.0821. The molecule has 12 heteroatoms. The number of thioether (sulfide) groups is 1. The van der Waals surface area contributed by atoms with Crippen molar-refractivity contribution in [2.45, 2.75) is 29.5 Å². The second-order valence-electron chi connectivity index (χ2n) is 7.69. The molecule has 6 nitrogen and oxygen atoms in total. The van der Waals surface area contributed by atoms with Gasteiger partial charge in [0.2, 0.25) is 5.13 Å². The van der Waals surface area contributed by atoms with Crippen molar-refractivity contribution in [3.05, 3.63) is 76.0 Å². The summed E-state index contributed by atoms with van der Waals surface area (Å²) in [7, 11) is 0. The molecule has 0 atom stereocenters. The number of aromatic amines is 1. The van der Waals surface area contributed by atoms with Gasteiger partial charge in [0.1, 0.15) is 5.82 Å². The van der Waals surface area contributed by atoms with Gasteiger partial charge in [-0.1, -0.05) is 49.4 Å². The van der Waals surface area contributed by atoms with Crippen molar-refractivity contribution in [3.8, 4) is 27.5 Å². The average molecular weight is 524 g/mol. The first kappa shape index (κ1) is 24.7. The van der Waals surface area contributed by atoms with Crippen LogP contribution in [0.4, 0.5) is 17.6 Å². The van der Waals surface area contributed by atoms with Gasteiger partial charge in [-0.25, -0.2) is 18.9 Å². The number of carboxylic acids is 1. The molecule has 2 heterocycles. The molecule has 35 heavy (non-hydrogen) atoms. The molecule has 182 valence electrons. The summed E-state index contributed by atoms with van der Waals surface area (Å²) in [6.45, 7) is 3.84. The lowest BCUT2D eigenvalue weighted by molar-refractivity contribution is -0.137. The number of alkyl halides is 3. The van der Waals surface area contributed by atoms with Crippen molar-refractivity contribution in [1.82, 2.24) is 14.8 Å². The minimum Gasteiger partial charge on any atom is -0.476 e. The van der Waals surface area contributed by atoms with Gasteiger partial charge >= 0.3 is 12.1 Å². The molecule has 0 aliphatic rings. The van der Waals surface area contributed by atoms with Gasteiger partial charge in [-0.15, -0.1) is 11.8 Å². The van der Waals surface area contributed by atoms with Crippen molar-refractivity contribution in [2.75, 3.05) is 0 Å². The van der Waals surface area contributed by atoms with Crippen LogP contribution in [0.2, 0.25) is 0 Å². The van der Waals surface area contributed by atoms with Crippen LogP contribution in [0, 0.1) is 5.82 Å². The second kappa shape index (κ2) is 9.34. The van der Waals surface area contributed by atoms with Crippen LogP contribution >= 0.6 is 23.1 Å². The van der Waals surface area contributed by atoms with E-state index in [4.69, 9.17) is 0 Å². The highest BCUT2D eigenvalue weighted by Crippen LogP contribution is 2.41. The Kier molecular flexibility index (Phi) is 6.60. The van der Waals surface area contributed by atoms with Crippen LogP contribution < -0.4 is 5.56 Å². The molecular weight excluding hydrogens is 506 g/mol. The largest absolute Gasteiger partial charge is 0.476 e. The predicted octanol–water partition coefficient (Wildman–Crippen LogP) is 6.31. The van der Waals surface area contributed by atoms with Gasteiger partial charge < -0.3 is 5.11 Å². The van der Waals surface area contributed by atoms with Crippen molar-refractivity contribution in [3.63, 3.8) is 0 Å². The van der Waals surface area contributed by atoms with Gasteiger partial charge in [0.15, 0.2) is 5.69 Å². The second-order valence-corrected chi connectivity index (χ2v) is 10.5. The zero-order valence-electron chi connectivity index (χ0n) is 18.2. The molecular formula is C23H17F4N3O3S2. The van der Waals surface area contributed by atoms with E-state index in [2.05, 4.69) is 10.1 Å². The Balaban J connectivity index is 1.88. The number of hydrogen-bond acceptors (Lipinski definition) is 5. The van der Waals surface area contributed by atoms with Gasteiger partial charge in [-0.3, -0.25) is 9.89 Å². The zero-order valence-corrected chi connectivity index (χ0v) is 19.8. The van der Waals surface area contributed by atoms with Gasteiger partial charge in [-0.05, 0) is 29.8 Å². The molecule has 2 aromatic carbocycles. The normalized spacial score (nSPS) is 11.9. The van der Waals surface area contributed by atoms with Crippen molar-refractivity contribution < 1.29 is 27.5 Å². The number of aromatic nitrogens is 3. The number of H-pyrrole nitrogens is 1. The number of thiazole rings is 1. The van der Waals surface area contributed by atoms with Crippen molar-refractivity contribution in [2.24, 2.45) is 0 Å². The Morgan fingerprint density at radius 3 is 2.40 bits per heavy atom. The number of hydrogen-bond donors (Lipinski definition) is 2. The third kappa shape index (κ3) is 5.03. The number of aromatic carboxylic acids is 1. The monoisotopic (exact) mass is 523 g/mol. The van der Waals surface area contributed by atoms with E-state index in [0.29, 0.717) is 15.5 Å². The number of nitrogens with one attached hydrogen (secondary N) is 1. The van der Waals surface area contributed by atoms with Gasteiger partial charge in [-0.2, -0.15) is 13.2 Å². The van der Waals surface area contributed by atoms with Crippen LogP contribution in [-0.2, 0) is 6.18 Å². The summed E-state index contributed by atoms with van der Waals surface area (Å²) in [6, 6.07) is 9.47. The minimum atomic E-state index is -4.49. The fourth-order valence-electron chi connectivity index (χ4n) is 3.37. The van der Waals surface area contributed by atoms with Gasteiger partial charge in [0.25, 0.3) is 5.56 Å². The maximum absolute atomic E-state index is 13.8.